The summed E-state index contributed by atoms with van der Waals surface area (Å²) in [5.74, 6) is 0. The molecule has 0 aliphatic carbocycles. The largest absolute Gasteiger partial charge is 0.397 e. The maximum Gasteiger partial charge on any atom is 0.397 e. The number of aliphatic hydroxyl groups excluding tert-OH is 1. The van der Waals surface area contributed by atoms with Crippen LogP contribution in [0.15, 0.2) is 30.3 Å². The third-order valence-electron chi connectivity index (χ3n) is 3.85. The minimum Gasteiger partial charge on any atom is -0.387 e. The molecule has 0 saturated carbocycles. The molecule has 2 aliphatic heterocycles. The molecule has 2 heterocycles. The van der Waals surface area contributed by atoms with Crippen LogP contribution in [0.1, 0.15) is 11.9 Å². The summed E-state index contributed by atoms with van der Waals surface area (Å²) in [6.07, 6.45) is -6.42. The summed E-state index contributed by atoms with van der Waals surface area (Å²) >= 11 is 0. The minimum absolute atomic E-state index is 0.111. The van der Waals surface area contributed by atoms with Crippen molar-refractivity contribution in [3.63, 3.8) is 0 Å². The highest BCUT2D eigenvalue weighted by molar-refractivity contribution is 7.80. The van der Waals surface area contributed by atoms with Gasteiger partial charge in [0.05, 0.1) is 6.61 Å². The molecule has 0 spiro atoms. The van der Waals surface area contributed by atoms with Crippen LogP contribution in [0.5, 0.6) is 0 Å². The number of ether oxygens (including phenoxy) is 4. The molecular weight excluding hydrogens is 344 g/mol. The summed E-state index contributed by atoms with van der Waals surface area (Å²) in [7, 11) is -3.55. The Hall–Kier alpha value is -1.11. The normalized spacial score (nSPS) is 37.0. The van der Waals surface area contributed by atoms with E-state index in [0.29, 0.717) is 0 Å². The molecule has 134 valence electrons. The molecule has 10 heteroatoms. The van der Waals surface area contributed by atoms with E-state index in [9.17, 15) is 13.5 Å². The van der Waals surface area contributed by atoms with Crippen LogP contribution in [0.3, 0.4) is 0 Å². The maximum absolute atomic E-state index is 11.0. The monoisotopic (exact) mass is 362 g/mol. The molecular formula is C14H18O9S. The molecule has 0 aromatic heterocycles. The lowest BCUT2D eigenvalue weighted by molar-refractivity contribution is -0.355. The van der Waals surface area contributed by atoms with Gasteiger partial charge in [-0.15, -0.1) is 0 Å². The Morgan fingerprint density at radius 3 is 2.54 bits per heavy atom. The Morgan fingerprint density at radius 1 is 1.21 bits per heavy atom. The number of fused-ring (bicyclic) bond motifs is 1. The van der Waals surface area contributed by atoms with Crippen LogP contribution in [-0.2, 0) is 33.5 Å². The molecule has 2 N–H and O–H groups in total. The SMILES string of the molecule is CO[C@H]1O[C@@H]2COC(c3ccccc3)O[C@H]2[C@H](O)[C@H]1OS(=O)(=O)O. The average Bonchev–Trinajstić information content (AvgIpc) is 2.56. The molecule has 24 heavy (non-hydrogen) atoms. The predicted octanol–water partition coefficient (Wildman–Crippen LogP) is 0.0208. The van der Waals surface area contributed by atoms with Gasteiger partial charge in [0, 0.05) is 12.7 Å². The summed E-state index contributed by atoms with van der Waals surface area (Å²) < 4.78 is 57.2. The van der Waals surface area contributed by atoms with E-state index in [1.165, 1.54) is 7.11 Å². The van der Waals surface area contributed by atoms with Crippen molar-refractivity contribution in [1.82, 2.24) is 0 Å². The Bertz CT molecular complexity index is 649. The summed E-state index contributed by atoms with van der Waals surface area (Å²) in [5, 5.41) is 10.5. The van der Waals surface area contributed by atoms with Crippen LogP contribution < -0.4 is 0 Å². The lowest BCUT2D eigenvalue weighted by atomic mass is 9.98. The van der Waals surface area contributed by atoms with Crippen LogP contribution in [-0.4, -0.2) is 62.5 Å². The number of hydrogen-bond donors (Lipinski definition) is 2. The van der Waals surface area contributed by atoms with Crippen LogP contribution in [0.25, 0.3) is 0 Å². The number of hydrogen-bond acceptors (Lipinski definition) is 8. The van der Waals surface area contributed by atoms with E-state index in [2.05, 4.69) is 4.18 Å². The predicted molar refractivity (Wildman–Crippen MR) is 78.1 cm³/mol. The van der Waals surface area contributed by atoms with E-state index in [0.717, 1.165) is 5.56 Å². The molecule has 2 aliphatic rings. The molecule has 0 bridgehead atoms. The molecule has 6 atom stereocenters. The second-order valence-electron chi connectivity index (χ2n) is 5.43. The van der Waals surface area contributed by atoms with E-state index in [1.807, 2.05) is 18.2 Å². The van der Waals surface area contributed by atoms with Crippen molar-refractivity contribution in [3.8, 4) is 0 Å². The fourth-order valence-corrected chi connectivity index (χ4v) is 3.26. The first kappa shape index (κ1) is 17.7. The Balaban J connectivity index is 1.79. The van der Waals surface area contributed by atoms with Crippen LogP contribution >= 0.6 is 0 Å². The number of rotatable bonds is 4. The zero-order valence-electron chi connectivity index (χ0n) is 12.7. The van der Waals surface area contributed by atoms with Crippen molar-refractivity contribution in [3.05, 3.63) is 35.9 Å². The summed E-state index contributed by atoms with van der Waals surface area (Å²) in [4.78, 5) is 0. The van der Waals surface area contributed by atoms with Gasteiger partial charge in [0.2, 0.25) is 0 Å². The zero-order valence-corrected chi connectivity index (χ0v) is 13.5. The van der Waals surface area contributed by atoms with Gasteiger partial charge in [-0.3, -0.25) is 4.55 Å². The lowest BCUT2D eigenvalue weighted by Gasteiger charge is -2.46. The fourth-order valence-electron chi connectivity index (χ4n) is 2.78. The Morgan fingerprint density at radius 2 is 1.92 bits per heavy atom. The van der Waals surface area contributed by atoms with Crippen molar-refractivity contribution < 1.29 is 41.2 Å². The van der Waals surface area contributed by atoms with Gasteiger partial charge < -0.3 is 24.1 Å². The van der Waals surface area contributed by atoms with E-state index in [1.54, 1.807) is 12.1 Å². The second-order valence-corrected chi connectivity index (χ2v) is 6.48. The number of methoxy groups -OCH3 is 1. The molecule has 9 nitrogen and oxygen atoms in total. The molecule has 2 saturated heterocycles. The average molecular weight is 362 g/mol. The third kappa shape index (κ3) is 3.76. The van der Waals surface area contributed by atoms with Crippen molar-refractivity contribution in [2.24, 2.45) is 0 Å². The molecule has 1 aromatic rings. The fraction of sp³-hybridized carbons (Fsp3) is 0.571. The molecule has 3 rings (SSSR count). The van der Waals surface area contributed by atoms with E-state index in [-0.39, 0.29) is 6.61 Å². The van der Waals surface area contributed by atoms with Gasteiger partial charge in [-0.25, -0.2) is 4.18 Å². The number of benzene rings is 1. The second kappa shape index (κ2) is 7.02. The van der Waals surface area contributed by atoms with Gasteiger partial charge in [-0.05, 0) is 0 Å². The first-order valence-corrected chi connectivity index (χ1v) is 8.59. The maximum atomic E-state index is 11.0. The van der Waals surface area contributed by atoms with Gasteiger partial charge in [0.15, 0.2) is 18.7 Å². The summed E-state index contributed by atoms with van der Waals surface area (Å²) in [5.41, 5.74) is 0.740. The van der Waals surface area contributed by atoms with E-state index < -0.39 is 47.4 Å². The molecule has 1 aromatic carbocycles. The zero-order chi connectivity index (χ0) is 17.3. The van der Waals surface area contributed by atoms with Crippen molar-refractivity contribution in [2.75, 3.05) is 13.7 Å². The van der Waals surface area contributed by atoms with Gasteiger partial charge in [0.25, 0.3) is 0 Å². The van der Waals surface area contributed by atoms with Gasteiger partial charge in [-0.2, -0.15) is 8.42 Å². The van der Waals surface area contributed by atoms with Crippen molar-refractivity contribution in [2.45, 2.75) is 37.0 Å². The van der Waals surface area contributed by atoms with E-state index in [4.69, 9.17) is 23.5 Å². The van der Waals surface area contributed by atoms with Crippen molar-refractivity contribution >= 4 is 10.4 Å². The van der Waals surface area contributed by atoms with Crippen LogP contribution in [0.2, 0.25) is 0 Å². The highest BCUT2D eigenvalue weighted by Gasteiger charge is 2.51. The molecule has 2 fully saturated rings. The smallest absolute Gasteiger partial charge is 0.387 e. The van der Waals surface area contributed by atoms with Gasteiger partial charge >= 0.3 is 10.4 Å². The molecule has 0 amide bonds. The van der Waals surface area contributed by atoms with Gasteiger partial charge in [0.1, 0.15) is 18.3 Å². The van der Waals surface area contributed by atoms with E-state index >= 15 is 0 Å². The first-order chi connectivity index (χ1) is 11.4. The van der Waals surface area contributed by atoms with Gasteiger partial charge in [-0.1, -0.05) is 30.3 Å². The molecule has 0 radical (unpaired) electrons. The Labute approximate surface area is 139 Å². The standard InChI is InChI=1S/C14H18O9S/c1-19-14-12(23-24(16,17)18)10(15)11-9(21-14)7-20-13(22-11)8-5-3-2-4-6-8/h2-6,9-15H,7H2,1H3,(H,16,17,18)/t9-,10+,11-,12-,13?,14+/m1/s1. The van der Waals surface area contributed by atoms with Crippen molar-refractivity contribution in [1.29, 1.82) is 0 Å². The number of aliphatic hydroxyl groups is 1. The van der Waals surface area contributed by atoms with Crippen LogP contribution in [0.4, 0.5) is 0 Å². The Kier molecular flexibility index (Phi) is 5.18. The van der Waals surface area contributed by atoms with Crippen LogP contribution in [0, 0.1) is 0 Å². The first-order valence-electron chi connectivity index (χ1n) is 7.23. The summed E-state index contributed by atoms with van der Waals surface area (Å²) in [6.45, 7) is 0.111. The topological polar surface area (TPSA) is 121 Å². The third-order valence-corrected chi connectivity index (χ3v) is 4.31. The minimum atomic E-state index is -4.81. The lowest BCUT2D eigenvalue weighted by Crippen LogP contribution is -2.63. The summed E-state index contributed by atoms with van der Waals surface area (Å²) in [6, 6.07) is 9.06. The quantitative estimate of drug-likeness (QED) is 0.714. The molecule has 1 unspecified atom stereocenters. The highest BCUT2D eigenvalue weighted by atomic mass is 32.3. The highest BCUT2D eigenvalue weighted by Crippen LogP contribution is 2.35.